The quantitative estimate of drug-likeness (QED) is 0.776. The summed E-state index contributed by atoms with van der Waals surface area (Å²) in [4.78, 5) is 0. The van der Waals surface area contributed by atoms with E-state index in [2.05, 4.69) is 34.7 Å². The van der Waals surface area contributed by atoms with Crippen molar-refractivity contribution in [1.29, 1.82) is 0 Å². The lowest BCUT2D eigenvalue weighted by Gasteiger charge is -2.09. The monoisotopic (exact) mass is 252 g/mol. The fourth-order valence-corrected chi connectivity index (χ4v) is 2.15. The maximum absolute atomic E-state index is 4.18. The summed E-state index contributed by atoms with van der Waals surface area (Å²) in [7, 11) is 0. The van der Waals surface area contributed by atoms with Gasteiger partial charge in [0.25, 0.3) is 0 Å². The predicted molar refractivity (Wildman–Crippen MR) is 77.2 cm³/mol. The lowest BCUT2D eigenvalue weighted by Crippen LogP contribution is -2.12. The van der Waals surface area contributed by atoms with Crippen LogP contribution in [0.5, 0.6) is 0 Å². The second-order valence-electron chi connectivity index (χ2n) is 4.54. The fourth-order valence-electron chi connectivity index (χ4n) is 2.15. The summed E-state index contributed by atoms with van der Waals surface area (Å²) in [5.41, 5.74) is 4.45. The number of aromatic nitrogens is 3. The Morgan fingerprint density at radius 3 is 2.74 bits per heavy atom. The summed E-state index contributed by atoms with van der Waals surface area (Å²) < 4.78 is 1.93. The van der Waals surface area contributed by atoms with E-state index in [0.717, 1.165) is 24.1 Å². The molecular weight excluding hydrogens is 236 g/mol. The molecule has 0 aliphatic rings. The van der Waals surface area contributed by atoms with Crippen LogP contribution >= 0.6 is 0 Å². The van der Waals surface area contributed by atoms with Crippen LogP contribution in [0.1, 0.15) is 5.56 Å². The van der Waals surface area contributed by atoms with Crippen LogP contribution in [0.4, 0.5) is 5.69 Å². The van der Waals surface area contributed by atoms with Crippen LogP contribution in [0.3, 0.4) is 0 Å². The first kappa shape index (κ1) is 11.7. The molecule has 0 saturated carbocycles. The van der Waals surface area contributed by atoms with Gasteiger partial charge in [-0.1, -0.05) is 35.5 Å². The average Bonchev–Trinajstić information content (AvgIpc) is 2.85. The number of para-hydroxylation sites is 2. The van der Waals surface area contributed by atoms with Crippen LogP contribution in [-0.4, -0.2) is 21.5 Å². The van der Waals surface area contributed by atoms with Gasteiger partial charge in [0.1, 0.15) is 5.52 Å². The summed E-state index contributed by atoms with van der Waals surface area (Å²) in [6.07, 6.45) is 0. The molecular formula is C15H16N4. The number of hydrogen-bond acceptors (Lipinski definition) is 3. The molecule has 0 spiro atoms. The Morgan fingerprint density at radius 2 is 1.84 bits per heavy atom. The molecule has 0 aliphatic heterocycles. The molecule has 0 unspecified atom stereocenters. The van der Waals surface area contributed by atoms with Gasteiger partial charge >= 0.3 is 0 Å². The minimum atomic E-state index is 0.800. The molecule has 3 aromatic rings. The molecule has 4 nitrogen and oxygen atoms in total. The maximum Gasteiger partial charge on any atom is 0.113 e. The third-order valence-corrected chi connectivity index (χ3v) is 3.20. The third kappa shape index (κ3) is 2.42. The van der Waals surface area contributed by atoms with Crippen molar-refractivity contribution in [2.45, 2.75) is 13.5 Å². The zero-order chi connectivity index (χ0) is 13.1. The summed E-state index contributed by atoms with van der Waals surface area (Å²) in [5.74, 6) is 0. The zero-order valence-electron chi connectivity index (χ0n) is 10.9. The van der Waals surface area contributed by atoms with Crippen LogP contribution in [-0.2, 0) is 6.54 Å². The highest BCUT2D eigenvalue weighted by molar-refractivity contribution is 5.73. The van der Waals surface area contributed by atoms with E-state index in [4.69, 9.17) is 0 Å². The van der Waals surface area contributed by atoms with Crippen molar-refractivity contribution in [3.63, 3.8) is 0 Å². The Hall–Kier alpha value is -2.36. The summed E-state index contributed by atoms with van der Waals surface area (Å²) >= 11 is 0. The normalized spacial score (nSPS) is 10.8. The molecule has 96 valence electrons. The van der Waals surface area contributed by atoms with Crippen LogP contribution < -0.4 is 5.32 Å². The Balaban J connectivity index is 1.68. The van der Waals surface area contributed by atoms with Crippen molar-refractivity contribution in [2.24, 2.45) is 0 Å². The topological polar surface area (TPSA) is 42.7 Å². The highest BCUT2D eigenvalue weighted by Crippen LogP contribution is 2.13. The van der Waals surface area contributed by atoms with Gasteiger partial charge in [0, 0.05) is 12.2 Å². The van der Waals surface area contributed by atoms with E-state index in [1.54, 1.807) is 0 Å². The standard InChI is InChI=1S/C15H16N4/c1-12-6-2-3-7-13(12)16-10-11-19-15-9-5-4-8-14(15)17-18-19/h2-9,16H,10-11H2,1H3. The lowest BCUT2D eigenvalue weighted by molar-refractivity contribution is 0.627. The van der Waals surface area contributed by atoms with E-state index in [1.165, 1.54) is 11.3 Å². The highest BCUT2D eigenvalue weighted by Gasteiger charge is 2.02. The number of nitrogens with zero attached hydrogens (tertiary/aromatic N) is 3. The molecule has 0 aliphatic carbocycles. The first-order chi connectivity index (χ1) is 9.34. The summed E-state index contributed by atoms with van der Waals surface area (Å²) in [5, 5.41) is 11.7. The zero-order valence-corrected chi connectivity index (χ0v) is 10.9. The van der Waals surface area contributed by atoms with Gasteiger partial charge < -0.3 is 5.32 Å². The number of nitrogens with one attached hydrogen (secondary N) is 1. The summed E-state index contributed by atoms with van der Waals surface area (Å²) in [6, 6.07) is 16.3. The lowest BCUT2D eigenvalue weighted by atomic mass is 10.2. The van der Waals surface area contributed by atoms with Crippen molar-refractivity contribution in [3.05, 3.63) is 54.1 Å². The molecule has 3 rings (SSSR count). The number of fused-ring (bicyclic) bond motifs is 1. The number of rotatable bonds is 4. The summed E-state index contributed by atoms with van der Waals surface area (Å²) in [6.45, 7) is 3.74. The van der Waals surface area contributed by atoms with Crippen LogP contribution in [0.2, 0.25) is 0 Å². The first-order valence-electron chi connectivity index (χ1n) is 6.42. The first-order valence-corrected chi connectivity index (χ1v) is 6.42. The molecule has 19 heavy (non-hydrogen) atoms. The van der Waals surface area contributed by atoms with E-state index in [9.17, 15) is 0 Å². The van der Waals surface area contributed by atoms with Crippen molar-refractivity contribution < 1.29 is 0 Å². The van der Waals surface area contributed by atoms with Crippen molar-refractivity contribution in [3.8, 4) is 0 Å². The molecule has 0 saturated heterocycles. The van der Waals surface area contributed by atoms with E-state index in [-0.39, 0.29) is 0 Å². The molecule has 1 aromatic heterocycles. The molecule has 4 heteroatoms. The molecule has 1 N–H and O–H groups in total. The van der Waals surface area contributed by atoms with Crippen molar-refractivity contribution in [1.82, 2.24) is 15.0 Å². The van der Waals surface area contributed by atoms with Crippen molar-refractivity contribution >= 4 is 16.7 Å². The number of aryl methyl sites for hydroxylation is 1. The van der Waals surface area contributed by atoms with Gasteiger partial charge in [0.05, 0.1) is 12.1 Å². The van der Waals surface area contributed by atoms with E-state index in [1.807, 2.05) is 41.1 Å². The van der Waals surface area contributed by atoms with Gasteiger partial charge in [-0.2, -0.15) is 0 Å². The minimum absolute atomic E-state index is 0.800. The average molecular weight is 252 g/mol. The van der Waals surface area contributed by atoms with Crippen molar-refractivity contribution in [2.75, 3.05) is 11.9 Å². The molecule has 2 aromatic carbocycles. The largest absolute Gasteiger partial charge is 0.383 e. The van der Waals surface area contributed by atoms with E-state index in [0.29, 0.717) is 0 Å². The molecule has 0 amide bonds. The van der Waals surface area contributed by atoms with E-state index >= 15 is 0 Å². The Bertz CT molecular complexity index is 687. The molecule has 0 bridgehead atoms. The SMILES string of the molecule is Cc1ccccc1NCCn1nnc2ccccc21. The second-order valence-corrected chi connectivity index (χ2v) is 4.54. The Kier molecular flexibility index (Phi) is 3.14. The van der Waals surface area contributed by atoms with Crippen LogP contribution in [0, 0.1) is 6.92 Å². The van der Waals surface area contributed by atoms with Gasteiger partial charge in [-0.3, -0.25) is 0 Å². The maximum atomic E-state index is 4.18. The smallest absolute Gasteiger partial charge is 0.113 e. The van der Waals surface area contributed by atoms with Gasteiger partial charge in [0.15, 0.2) is 0 Å². The number of hydrogen-bond donors (Lipinski definition) is 1. The van der Waals surface area contributed by atoms with Crippen LogP contribution in [0.15, 0.2) is 48.5 Å². The molecule has 0 radical (unpaired) electrons. The van der Waals surface area contributed by atoms with Crippen LogP contribution in [0.25, 0.3) is 11.0 Å². The highest BCUT2D eigenvalue weighted by atomic mass is 15.4. The number of anilines is 1. The molecule has 1 heterocycles. The predicted octanol–water partition coefficient (Wildman–Crippen LogP) is 2.85. The molecule has 0 fully saturated rings. The van der Waals surface area contributed by atoms with Gasteiger partial charge in [-0.25, -0.2) is 4.68 Å². The Labute approximate surface area is 112 Å². The van der Waals surface area contributed by atoms with Gasteiger partial charge in [0.2, 0.25) is 0 Å². The minimum Gasteiger partial charge on any atom is -0.383 e. The van der Waals surface area contributed by atoms with Gasteiger partial charge in [-0.15, -0.1) is 5.10 Å². The third-order valence-electron chi connectivity index (χ3n) is 3.20. The fraction of sp³-hybridized carbons (Fsp3) is 0.200. The second kappa shape index (κ2) is 5.10. The van der Waals surface area contributed by atoms with E-state index < -0.39 is 0 Å². The Morgan fingerprint density at radius 1 is 1.05 bits per heavy atom. The number of benzene rings is 2. The van der Waals surface area contributed by atoms with Gasteiger partial charge in [-0.05, 0) is 30.7 Å². The molecule has 0 atom stereocenters.